The molecule has 32 heavy (non-hydrogen) atoms. The quantitative estimate of drug-likeness (QED) is 0.500. The largest absolute Gasteiger partial charge is 0.320 e. The van der Waals surface area contributed by atoms with Crippen LogP contribution in [-0.4, -0.2) is 14.3 Å². The minimum atomic E-state index is -3.64. The van der Waals surface area contributed by atoms with Crippen LogP contribution in [0.15, 0.2) is 69.3 Å². The van der Waals surface area contributed by atoms with Crippen molar-refractivity contribution in [2.24, 2.45) is 0 Å². The maximum absolute atomic E-state index is 14.0. The topological polar surface area (TPSA) is 63.2 Å². The number of halogens is 2. The summed E-state index contributed by atoms with van der Waals surface area (Å²) in [7, 11) is -3.64. The molecule has 0 aliphatic carbocycles. The molecule has 1 aliphatic heterocycles. The zero-order chi connectivity index (χ0) is 23.0. The van der Waals surface area contributed by atoms with E-state index in [4.69, 9.17) is 0 Å². The van der Waals surface area contributed by atoms with Crippen molar-refractivity contribution in [1.29, 1.82) is 0 Å². The molecule has 1 heterocycles. The van der Waals surface area contributed by atoms with Crippen molar-refractivity contribution in [2.75, 3.05) is 5.32 Å². The van der Waals surface area contributed by atoms with E-state index in [-0.39, 0.29) is 21.1 Å². The first-order valence-corrected chi connectivity index (χ1v) is 12.2. The van der Waals surface area contributed by atoms with Gasteiger partial charge in [-0.1, -0.05) is 30.0 Å². The number of thioether (sulfide) groups is 1. The van der Waals surface area contributed by atoms with E-state index in [2.05, 4.69) is 5.32 Å². The normalized spacial score (nSPS) is 14.9. The molecule has 0 aromatic heterocycles. The predicted molar refractivity (Wildman–Crippen MR) is 122 cm³/mol. The molecule has 0 saturated heterocycles. The Labute approximate surface area is 189 Å². The number of nitrogens with one attached hydrogen (secondary N) is 1. The first kappa shape index (κ1) is 22.2. The highest BCUT2D eigenvalue weighted by molar-refractivity contribution is 8.04. The van der Waals surface area contributed by atoms with Crippen molar-refractivity contribution < 1.29 is 22.0 Å². The molecule has 0 fully saturated rings. The third-order valence-electron chi connectivity index (χ3n) is 5.23. The standard InChI is InChI=1S/C24H19F2NO3S2/c1-14-4-3-5-15(2)19(14)13-32(29,30)18-8-9-22-21(12-18)27-24(28)23(31-22)10-16-6-7-17(25)11-20(16)26/h3-12H,13H2,1-2H3,(H,27,28). The number of carbonyl (C=O) groups is 1. The van der Waals surface area contributed by atoms with E-state index in [1.54, 1.807) is 6.07 Å². The van der Waals surface area contributed by atoms with E-state index in [1.165, 1.54) is 24.3 Å². The van der Waals surface area contributed by atoms with Crippen LogP contribution in [0.3, 0.4) is 0 Å². The summed E-state index contributed by atoms with van der Waals surface area (Å²) in [5.74, 6) is -2.11. The van der Waals surface area contributed by atoms with Crippen molar-refractivity contribution in [3.05, 3.63) is 93.4 Å². The van der Waals surface area contributed by atoms with Gasteiger partial charge in [0, 0.05) is 16.5 Å². The Morgan fingerprint density at radius 1 is 1.00 bits per heavy atom. The zero-order valence-corrected chi connectivity index (χ0v) is 18.9. The molecule has 1 aliphatic rings. The van der Waals surface area contributed by atoms with E-state index in [0.29, 0.717) is 10.6 Å². The molecule has 0 saturated carbocycles. The number of anilines is 1. The fourth-order valence-electron chi connectivity index (χ4n) is 3.44. The van der Waals surface area contributed by atoms with Gasteiger partial charge in [0.1, 0.15) is 11.6 Å². The lowest BCUT2D eigenvalue weighted by Gasteiger charge is -2.20. The molecule has 164 valence electrons. The molecule has 4 nitrogen and oxygen atoms in total. The van der Waals surface area contributed by atoms with Gasteiger partial charge in [-0.25, -0.2) is 17.2 Å². The number of benzene rings is 3. The summed E-state index contributed by atoms with van der Waals surface area (Å²) < 4.78 is 53.2. The highest BCUT2D eigenvalue weighted by atomic mass is 32.2. The van der Waals surface area contributed by atoms with Crippen LogP contribution in [0.25, 0.3) is 6.08 Å². The van der Waals surface area contributed by atoms with Gasteiger partial charge in [0.2, 0.25) is 0 Å². The molecule has 4 rings (SSSR count). The van der Waals surface area contributed by atoms with Crippen LogP contribution in [0.5, 0.6) is 0 Å². The third kappa shape index (κ3) is 4.47. The number of fused-ring (bicyclic) bond motifs is 1. The van der Waals surface area contributed by atoms with Crippen LogP contribution in [0, 0.1) is 25.5 Å². The second kappa shape index (κ2) is 8.52. The lowest BCUT2D eigenvalue weighted by molar-refractivity contribution is -0.112. The second-order valence-electron chi connectivity index (χ2n) is 7.52. The predicted octanol–water partition coefficient (Wildman–Crippen LogP) is 5.64. The monoisotopic (exact) mass is 471 g/mol. The summed E-state index contributed by atoms with van der Waals surface area (Å²) in [6.07, 6.45) is 1.34. The van der Waals surface area contributed by atoms with Gasteiger partial charge < -0.3 is 5.32 Å². The first-order chi connectivity index (χ1) is 15.1. The molecule has 3 aromatic carbocycles. The molecule has 0 spiro atoms. The van der Waals surface area contributed by atoms with Gasteiger partial charge in [-0.3, -0.25) is 4.79 Å². The van der Waals surface area contributed by atoms with Gasteiger partial charge >= 0.3 is 0 Å². The average Bonchev–Trinajstić information content (AvgIpc) is 2.73. The zero-order valence-electron chi connectivity index (χ0n) is 17.3. The van der Waals surface area contributed by atoms with Gasteiger partial charge in [-0.15, -0.1) is 0 Å². The minimum absolute atomic E-state index is 0.0836. The number of carbonyl (C=O) groups excluding carboxylic acids is 1. The smallest absolute Gasteiger partial charge is 0.262 e. The lowest BCUT2D eigenvalue weighted by Crippen LogP contribution is -2.18. The Morgan fingerprint density at radius 3 is 2.41 bits per heavy atom. The number of amides is 1. The SMILES string of the molecule is Cc1cccc(C)c1CS(=O)(=O)c1ccc2c(c1)NC(=O)C(=Cc1ccc(F)cc1F)S2. The van der Waals surface area contributed by atoms with Crippen molar-refractivity contribution in [3.8, 4) is 0 Å². The maximum atomic E-state index is 14.0. The van der Waals surface area contributed by atoms with Crippen LogP contribution in [0.2, 0.25) is 0 Å². The molecular formula is C24H19F2NO3S2. The number of rotatable bonds is 4. The van der Waals surface area contributed by atoms with E-state index in [9.17, 15) is 22.0 Å². The fraction of sp³-hybridized carbons (Fsp3) is 0.125. The van der Waals surface area contributed by atoms with Gasteiger partial charge in [-0.2, -0.15) is 0 Å². The average molecular weight is 472 g/mol. The molecule has 0 radical (unpaired) electrons. The molecule has 0 bridgehead atoms. The van der Waals surface area contributed by atoms with Crippen LogP contribution < -0.4 is 5.32 Å². The highest BCUT2D eigenvalue weighted by Gasteiger charge is 2.25. The van der Waals surface area contributed by atoms with Crippen molar-refractivity contribution in [3.63, 3.8) is 0 Å². The Balaban J connectivity index is 1.63. The Morgan fingerprint density at radius 2 is 1.72 bits per heavy atom. The first-order valence-electron chi connectivity index (χ1n) is 9.72. The van der Waals surface area contributed by atoms with Crippen LogP contribution in [0.4, 0.5) is 14.5 Å². The van der Waals surface area contributed by atoms with Crippen molar-refractivity contribution in [1.82, 2.24) is 0 Å². The molecule has 1 amide bonds. The Bertz CT molecular complexity index is 1360. The number of aryl methyl sites for hydroxylation is 2. The maximum Gasteiger partial charge on any atom is 0.262 e. The number of hydrogen-bond donors (Lipinski definition) is 1. The molecule has 8 heteroatoms. The van der Waals surface area contributed by atoms with Gasteiger partial charge in [0.15, 0.2) is 9.84 Å². The lowest BCUT2D eigenvalue weighted by atomic mass is 10.1. The minimum Gasteiger partial charge on any atom is -0.320 e. The van der Waals surface area contributed by atoms with Gasteiger partial charge in [0.25, 0.3) is 5.91 Å². The molecule has 1 N–H and O–H groups in total. The molecule has 3 aromatic rings. The van der Waals surface area contributed by atoms with Gasteiger partial charge in [-0.05, 0) is 66.9 Å². The molecule has 0 unspecified atom stereocenters. The van der Waals surface area contributed by atoms with Crippen LogP contribution in [0.1, 0.15) is 22.3 Å². The van der Waals surface area contributed by atoms with Crippen LogP contribution in [-0.2, 0) is 20.4 Å². The molecular weight excluding hydrogens is 452 g/mol. The van der Waals surface area contributed by atoms with Crippen LogP contribution >= 0.6 is 11.8 Å². The van der Waals surface area contributed by atoms with E-state index < -0.39 is 27.4 Å². The third-order valence-corrected chi connectivity index (χ3v) is 7.97. The summed E-state index contributed by atoms with van der Waals surface area (Å²) in [4.78, 5) is 13.5. The number of hydrogen-bond acceptors (Lipinski definition) is 4. The fourth-order valence-corrected chi connectivity index (χ4v) is 5.94. The van der Waals surface area contributed by atoms with Gasteiger partial charge in [0.05, 0.1) is 21.2 Å². The second-order valence-corrected chi connectivity index (χ2v) is 10.6. The van der Waals surface area contributed by atoms with E-state index in [1.807, 2.05) is 32.0 Å². The summed E-state index contributed by atoms with van der Waals surface area (Å²) >= 11 is 1.09. The van der Waals surface area contributed by atoms with Crippen molar-refractivity contribution >= 4 is 39.3 Å². The summed E-state index contributed by atoms with van der Waals surface area (Å²) in [6.45, 7) is 3.75. The summed E-state index contributed by atoms with van der Waals surface area (Å²) in [6, 6.07) is 13.3. The number of sulfone groups is 1. The summed E-state index contributed by atoms with van der Waals surface area (Å²) in [5.41, 5.74) is 3.02. The Kier molecular flexibility index (Phi) is 5.92. The van der Waals surface area contributed by atoms with Crippen molar-refractivity contribution in [2.45, 2.75) is 29.4 Å². The van der Waals surface area contributed by atoms with E-state index >= 15 is 0 Å². The van der Waals surface area contributed by atoms with E-state index in [0.717, 1.165) is 40.6 Å². The molecule has 0 atom stereocenters. The highest BCUT2D eigenvalue weighted by Crippen LogP contribution is 2.40. The summed E-state index contributed by atoms with van der Waals surface area (Å²) in [5, 5.41) is 2.67. The Hall–Kier alpha value is -2.97.